The van der Waals surface area contributed by atoms with Gasteiger partial charge in [-0.2, -0.15) is 0 Å². The first-order chi connectivity index (χ1) is 27.7. The minimum Gasteiger partial charge on any atom is -0.508 e. The average Bonchev–Trinajstić information content (AvgIpc) is 3.56. The Morgan fingerprint density at radius 1 is 0.644 bits per heavy atom. The Kier molecular flexibility index (Phi) is 17.9. The van der Waals surface area contributed by atoms with Crippen molar-refractivity contribution in [2.24, 2.45) is 23.5 Å². The molecule has 1 heterocycles. The lowest BCUT2D eigenvalue weighted by atomic mass is 9.99. The zero-order valence-corrected chi connectivity index (χ0v) is 34.4. The summed E-state index contributed by atoms with van der Waals surface area (Å²) in [5, 5.41) is 43.2. The normalized spacial score (nSPS) is 14.5. The van der Waals surface area contributed by atoms with E-state index in [0.29, 0.717) is 17.5 Å². The molecule has 0 fully saturated rings. The van der Waals surface area contributed by atoms with Crippen molar-refractivity contribution >= 4 is 52.4 Å². The Morgan fingerprint density at radius 2 is 1.20 bits per heavy atom. The molecule has 6 atom stereocenters. The number of benzene rings is 2. The molecule has 3 aromatic rings. The third kappa shape index (κ3) is 15.0. The number of para-hydroxylation sites is 1. The molecule has 0 radical (unpaired) electrons. The summed E-state index contributed by atoms with van der Waals surface area (Å²) in [6.45, 7) is 10.7. The number of phenolic OH excluding ortho intramolecular Hbond substituents is 1. The minimum atomic E-state index is -1.48. The van der Waals surface area contributed by atoms with E-state index in [4.69, 9.17) is 5.73 Å². The van der Waals surface area contributed by atoms with E-state index in [0.717, 1.165) is 10.9 Å². The number of aromatic hydroxyl groups is 1. The van der Waals surface area contributed by atoms with E-state index in [9.17, 15) is 48.9 Å². The number of hydrogen-bond acceptors (Lipinski definition) is 9. The van der Waals surface area contributed by atoms with Crippen LogP contribution in [0.5, 0.6) is 5.75 Å². The Morgan fingerprint density at radius 3 is 1.80 bits per heavy atom. The Hall–Kier alpha value is -5.97. The summed E-state index contributed by atoms with van der Waals surface area (Å²) in [6, 6.07) is 5.56. The molecule has 59 heavy (non-hydrogen) atoms. The summed E-state index contributed by atoms with van der Waals surface area (Å²) in [5.74, 6) is -7.00. The molecule has 3 rings (SSSR count). The molecule has 2 aromatic carbocycles. The van der Waals surface area contributed by atoms with Gasteiger partial charge in [-0.05, 0) is 66.3 Å². The van der Waals surface area contributed by atoms with Gasteiger partial charge in [-0.3, -0.25) is 28.8 Å². The highest BCUT2D eigenvalue weighted by Gasteiger charge is 2.34. The van der Waals surface area contributed by atoms with Crippen LogP contribution in [0.3, 0.4) is 0 Å². The molecule has 0 aliphatic carbocycles. The van der Waals surface area contributed by atoms with Crippen LogP contribution < -0.4 is 32.3 Å². The van der Waals surface area contributed by atoms with Crippen LogP contribution in [-0.4, -0.2) is 98.0 Å². The Labute approximate surface area is 343 Å². The van der Waals surface area contributed by atoms with Gasteiger partial charge in [0.05, 0.1) is 6.04 Å². The van der Waals surface area contributed by atoms with Gasteiger partial charge in [0.25, 0.3) is 0 Å². The number of carbonyl (C=O) groups is 7. The molecular formula is C42H59N7O10. The van der Waals surface area contributed by atoms with Crippen LogP contribution in [0.1, 0.15) is 78.4 Å². The molecule has 0 bridgehead atoms. The first kappa shape index (κ1) is 47.4. The number of fused-ring (bicyclic) bond motifs is 1. The third-order valence-corrected chi connectivity index (χ3v) is 9.65. The van der Waals surface area contributed by atoms with E-state index in [-0.39, 0.29) is 43.3 Å². The number of carbonyl (C=O) groups excluding carboxylic acids is 5. The SMILES string of the molecule is CC(C)C[C@H](NC(=O)[C@@H](N)CC(C)C)C(=O)N[C@@H](CCC(=O)O)C(=O)N[C@@H](Cc1ccc(O)cc1)C(=O)N[C@H](C(=O)N[C@@H](Cc1c[nH]c2ccccc12)C(=O)O)C(C)C. The van der Waals surface area contributed by atoms with Gasteiger partial charge in [-0.25, -0.2) is 4.79 Å². The summed E-state index contributed by atoms with van der Waals surface area (Å²) in [7, 11) is 0. The van der Waals surface area contributed by atoms with E-state index >= 15 is 0 Å². The van der Waals surface area contributed by atoms with E-state index < -0.39 is 90.1 Å². The maximum absolute atomic E-state index is 14.1. The first-order valence-electron chi connectivity index (χ1n) is 19.8. The summed E-state index contributed by atoms with van der Waals surface area (Å²) in [4.78, 5) is 95.4. The topological polar surface area (TPSA) is 282 Å². The summed E-state index contributed by atoms with van der Waals surface area (Å²) in [5.41, 5.74) is 8.00. The number of nitrogens with two attached hydrogens (primary N) is 1. The van der Waals surface area contributed by atoms with Gasteiger partial charge >= 0.3 is 11.9 Å². The standard InChI is InChI=1S/C42H59N7O10/c1-22(2)17-29(43)37(53)46-32(18-23(3)4)39(55)45-31(15-16-35(51)52)38(54)47-33(19-25-11-13-27(50)14-12-25)40(56)49-36(24(5)6)41(57)48-34(42(58)59)20-26-21-44-30-10-8-7-9-28(26)30/h7-14,21-24,29,31-34,36,44,50H,15-20,43H2,1-6H3,(H,45,55)(H,46,53)(H,47,54)(H,48,57)(H,49,56)(H,51,52)(H,58,59)/t29-,31-,32-,33-,34-,36-/m0/s1. The summed E-state index contributed by atoms with van der Waals surface area (Å²) >= 11 is 0. The highest BCUT2D eigenvalue weighted by atomic mass is 16.4. The van der Waals surface area contributed by atoms with E-state index in [2.05, 4.69) is 31.6 Å². The van der Waals surface area contributed by atoms with E-state index in [1.165, 1.54) is 24.3 Å². The zero-order valence-electron chi connectivity index (χ0n) is 34.4. The lowest BCUT2D eigenvalue weighted by Gasteiger charge is -2.28. The first-order valence-corrected chi connectivity index (χ1v) is 19.8. The van der Waals surface area contributed by atoms with Crippen molar-refractivity contribution in [1.82, 2.24) is 31.6 Å². The minimum absolute atomic E-state index is 0.0550. The number of H-pyrrole nitrogens is 1. The lowest BCUT2D eigenvalue weighted by Crippen LogP contribution is -2.60. The molecule has 1 aromatic heterocycles. The number of nitrogens with one attached hydrogen (secondary N) is 6. The number of phenols is 1. The third-order valence-electron chi connectivity index (χ3n) is 9.65. The largest absolute Gasteiger partial charge is 0.508 e. The fraction of sp³-hybridized carbons (Fsp3) is 0.500. The molecule has 322 valence electrons. The second kappa shape index (κ2) is 22.3. The molecule has 0 aliphatic heterocycles. The van der Waals surface area contributed by atoms with Crippen LogP contribution in [0.25, 0.3) is 10.9 Å². The van der Waals surface area contributed by atoms with Crippen LogP contribution in [0.2, 0.25) is 0 Å². The monoisotopic (exact) mass is 821 g/mol. The Bertz CT molecular complexity index is 1930. The highest BCUT2D eigenvalue weighted by Crippen LogP contribution is 2.20. The number of carboxylic acids is 2. The van der Waals surface area contributed by atoms with Gasteiger partial charge in [0.2, 0.25) is 29.5 Å². The number of hydrogen-bond donors (Lipinski definition) is 10. The molecule has 17 nitrogen and oxygen atoms in total. The van der Waals surface area contributed by atoms with Gasteiger partial charge in [0.1, 0.15) is 36.0 Å². The smallest absolute Gasteiger partial charge is 0.326 e. The van der Waals surface area contributed by atoms with E-state index in [1.54, 1.807) is 20.0 Å². The van der Waals surface area contributed by atoms with Crippen molar-refractivity contribution in [3.05, 3.63) is 65.9 Å². The molecule has 0 saturated carbocycles. The predicted molar refractivity (Wildman–Crippen MR) is 220 cm³/mol. The number of aromatic amines is 1. The summed E-state index contributed by atoms with van der Waals surface area (Å²) < 4.78 is 0. The maximum Gasteiger partial charge on any atom is 0.326 e. The second-order valence-electron chi connectivity index (χ2n) is 16.0. The molecule has 11 N–H and O–H groups in total. The highest BCUT2D eigenvalue weighted by molar-refractivity contribution is 5.97. The van der Waals surface area contributed by atoms with Crippen LogP contribution >= 0.6 is 0 Å². The van der Waals surface area contributed by atoms with Crippen molar-refractivity contribution in [3.63, 3.8) is 0 Å². The lowest BCUT2D eigenvalue weighted by molar-refractivity contribution is -0.142. The van der Waals surface area contributed by atoms with Crippen molar-refractivity contribution < 1.29 is 48.9 Å². The van der Waals surface area contributed by atoms with Gasteiger partial charge in [-0.15, -0.1) is 0 Å². The molecule has 0 aliphatic rings. The van der Waals surface area contributed by atoms with Gasteiger partial charge in [-0.1, -0.05) is 71.9 Å². The van der Waals surface area contributed by atoms with Gasteiger partial charge in [0.15, 0.2) is 0 Å². The van der Waals surface area contributed by atoms with Gasteiger partial charge in [0, 0.05) is 36.4 Å². The molecular weight excluding hydrogens is 763 g/mol. The molecule has 17 heteroatoms. The number of rotatable bonds is 23. The average molecular weight is 822 g/mol. The van der Waals surface area contributed by atoms with Gasteiger partial charge < -0.3 is 52.6 Å². The van der Waals surface area contributed by atoms with Crippen LogP contribution in [0.4, 0.5) is 0 Å². The van der Waals surface area contributed by atoms with Crippen molar-refractivity contribution in [3.8, 4) is 5.75 Å². The number of aliphatic carboxylic acids is 2. The fourth-order valence-electron chi connectivity index (χ4n) is 6.53. The quantitative estimate of drug-likeness (QED) is 0.0661. The number of amides is 5. The van der Waals surface area contributed by atoms with Crippen molar-refractivity contribution in [2.75, 3.05) is 0 Å². The van der Waals surface area contributed by atoms with Crippen LogP contribution in [0.15, 0.2) is 54.7 Å². The fourth-order valence-corrected chi connectivity index (χ4v) is 6.53. The van der Waals surface area contributed by atoms with Crippen molar-refractivity contribution in [1.29, 1.82) is 0 Å². The molecule has 5 amide bonds. The molecule has 0 spiro atoms. The Balaban J connectivity index is 1.87. The molecule has 0 unspecified atom stereocenters. The predicted octanol–water partition coefficient (Wildman–Crippen LogP) is 2.11. The van der Waals surface area contributed by atoms with E-state index in [1.807, 2.05) is 52.0 Å². The van der Waals surface area contributed by atoms with Crippen molar-refractivity contribution in [2.45, 2.75) is 116 Å². The summed E-state index contributed by atoms with van der Waals surface area (Å²) in [6.07, 6.45) is 1.07. The van der Waals surface area contributed by atoms with Crippen LogP contribution in [0, 0.1) is 17.8 Å². The number of aromatic nitrogens is 1. The van der Waals surface area contributed by atoms with Crippen LogP contribution in [-0.2, 0) is 46.4 Å². The molecule has 0 saturated heterocycles. The maximum atomic E-state index is 14.1. The number of carboxylic acid groups (broad SMARTS) is 2. The second-order valence-corrected chi connectivity index (χ2v) is 16.0. The zero-order chi connectivity index (χ0) is 44.0.